The third-order valence-corrected chi connectivity index (χ3v) is 6.57. The summed E-state index contributed by atoms with van der Waals surface area (Å²) in [6, 6.07) is 24.2. The minimum Gasteiger partial charge on any atom is -0.325 e. The summed E-state index contributed by atoms with van der Waals surface area (Å²) in [5, 5.41) is 2.94. The van der Waals surface area contributed by atoms with E-state index in [0.29, 0.717) is 11.0 Å². The first-order chi connectivity index (χ1) is 16.0. The Morgan fingerprint density at radius 2 is 1.79 bits per heavy atom. The molecule has 1 N–H and O–H groups in total. The molecule has 0 unspecified atom stereocenters. The predicted octanol–water partition coefficient (Wildman–Crippen LogP) is 5.09. The number of nitrogens with zero attached hydrogens (tertiary/aromatic N) is 3. The number of anilines is 1. The Hall–Kier alpha value is -3.71. The van der Waals surface area contributed by atoms with Crippen molar-refractivity contribution in [3.05, 3.63) is 95.6 Å². The number of fused-ring (bicyclic) bond motifs is 3. The quantitative estimate of drug-likeness (QED) is 0.597. The summed E-state index contributed by atoms with van der Waals surface area (Å²) in [5.41, 5.74) is 4.19. The molecule has 6 nitrogen and oxygen atoms in total. The molecule has 3 aromatic rings. The van der Waals surface area contributed by atoms with Crippen LogP contribution in [0.25, 0.3) is 0 Å². The first-order valence-corrected chi connectivity index (χ1v) is 11.6. The van der Waals surface area contributed by atoms with Crippen LogP contribution in [0.1, 0.15) is 29.7 Å². The van der Waals surface area contributed by atoms with Crippen LogP contribution in [0.4, 0.5) is 11.4 Å². The zero-order chi connectivity index (χ0) is 22.9. The topological polar surface area (TPSA) is 74.1 Å². The van der Waals surface area contributed by atoms with E-state index in [0.717, 1.165) is 28.1 Å². The molecule has 0 fully saturated rings. The van der Waals surface area contributed by atoms with Crippen molar-refractivity contribution in [3.63, 3.8) is 0 Å². The minimum absolute atomic E-state index is 0.156. The smallest absolute Gasteiger partial charge is 0.263 e. The molecule has 7 heteroatoms. The fourth-order valence-corrected chi connectivity index (χ4v) is 4.77. The molecular weight excluding hydrogens is 432 g/mol. The third kappa shape index (κ3) is 4.07. The van der Waals surface area contributed by atoms with Gasteiger partial charge in [-0.1, -0.05) is 66.4 Å². The molecule has 2 amide bonds. The highest BCUT2D eigenvalue weighted by Crippen LogP contribution is 2.38. The Morgan fingerprint density at radius 3 is 2.58 bits per heavy atom. The van der Waals surface area contributed by atoms with Gasteiger partial charge in [0, 0.05) is 11.3 Å². The molecule has 0 radical (unpaired) electrons. The second-order valence-corrected chi connectivity index (χ2v) is 9.28. The molecule has 0 saturated heterocycles. The summed E-state index contributed by atoms with van der Waals surface area (Å²) in [6.45, 7) is 3.79. The van der Waals surface area contributed by atoms with Crippen LogP contribution in [0.3, 0.4) is 0 Å². The number of amidine groups is 2. The van der Waals surface area contributed by atoms with Gasteiger partial charge in [-0.2, -0.15) is 0 Å². The fraction of sp³-hybridized carbons (Fsp3) is 0.154. The van der Waals surface area contributed by atoms with Crippen molar-refractivity contribution in [3.8, 4) is 0 Å². The Morgan fingerprint density at radius 1 is 1.03 bits per heavy atom. The molecule has 0 aliphatic carbocycles. The number of benzene rings is 3. The number of thioether (sulfide) groups is 1. The van der Waals surface area contributed by atoms with E-state index in [-0.39, 0.29) is 11.8 Å². The zero-order valence-corrected chi connectivity index (χ0v) is 19.0. The van der Waals surface area contributed by atoms with E-state index >= 15 is 0 Å². The molecule has 2 aliphatic heterocycles. The first kappa shape index (κ1) is 21.2. The summed E-state index contributed by atoms with van der Waals surface area (Å²) in [4.78, 5) is 37.4. The van der Waals surface area contributed by atoms with Gasteiger partial charge in [-0.05, 0) is 49.2 Å². The Balaban J connectivity index is 1.44. The standard InChI is InChI=1S/C26H22N4O2S/c1-16-9-8-12-19(15-16)27-24(31)17(2)33-26-28-21-14-7-6-13-20(21)23-29-22(25(32)30(23)26)18-10-4-3-5-11-18/h3-15,17,22H,1-2H3,(H,27,31)/t17-,22-/m1/s1. The lowest BCUT2D eigenvalue weighted by Gasteiger charge is -2.26. The molecule has 0 bridgehead atoms. The van der Waals surface area contributed by atoms with Crippen molar-refractivity contribution in [2.24, 2.45) is 9.98 Å². The van der Waals surface area contributed by atoms with E-state index in [4.69, 9.17) is 9.98 Å². The van der Waals surface area contributed by atoms with Crippen molar-refractivity contribution in [2.45, 2.75) is 25.1 Å². The van der Waals surface area contributed by atoms with Crippen LogP contribution in [-0.4, -0.2) is 33.0 Å². The zero-order valence-electron chi connectivity index (χ0n) is 18.2. The maximum Gasteiger partial charge on any atom is 0.263 e. The Labute approximate surface area is 196 Å². The largest absolute Gasteiger partial charge is 0.325 e. The lowest BCUT2D eigenvalue weighted by molar-refractivity contribution is -0.124. The van der Waals surface area contributed by atoms with Gasteiger partial charge in [0.1, 0.15) is 5.84 Å². The van der Waals surface area contributed by atoms with Crippen LogP contribution in [0.15, 0.2) is 88.8 Å². The summed E-state index contributed by atoms with van der Waals surface area (Å²) < 4.78 is 0. The first-order valence-electron chi connectivity index (χ1n) is 10.7. The van der Waals surface area contributed by atoms with E-state index in [1.165, 1.54) is 11.8 Å². The van der Waals surface area contributed by atoms with Crippen LogP contribution in [0.2, 0.25) is 0 Å². The number of nitrogens with one attached hydrogen (secondary N) is 1. The molecule has 0 spiro atoms. The predicted molar refractivity (Wildman–Crippen MR) is 133 cm³/mol. The monoisotopic (exact) mass is 454 g/mol. The second kappa shape index (κ2) is 8.67. The molecule has 2 aliphatic rings. The van der Waals surface area contributed by atoms with Gasteiger partial charge in [-0.3, -0.25) is 9.59 Å². The SMILES string of the molecule is Cc1cccc(NC(=O)[C@@H](C)SC2=Nc3ccccc3C3=N[C@H](c4ccccc4)C(=O)N23)c1. The summed E-state index contributed by atoms with van der Waals surface area (Å²) in [5.74, 6) is 0.258. The fourth-order valence-electron chi connectivity index (χ4n) is 3.86. The van der Waals surface area contributed by atoms with E-state index in [1.54, 1.807) is 4.90 Å². The van der Waals surface area contributed by atoms with Gasteiger partial charge in [0.25, 0.3) is 5.91 Å². The van der Waals surface area contributed by atoms with E-state index in [2.05, 4.69) is 5.32 Å². The van der Waals surface area contributed by atoms with E-state index < -0.39 is 11.3 Å². The number of para-hydroxylation sites is 1. The van der Waals surface area contributed by atoms with Crippen molar-refractivity contribution < 1.29 is 9.59 Å². The average molecular weight is 455 g/mol. The maximum absolute atomic E-state index is 13.5. The van der Waals surface area contributed by atoms with Crippen molar-refractivity contribution in [1.82, 2.24) is 4.90 Å². The number of aliphatic imine (C=N–C) groups is 2. The lowest BCUT2D eigenvalue weighted by atomic mass is 10.1. The van der Waals surface area contributed by atoms with Gasteiger partial charge >= 0.3 is 0 Å². The molecule has 2 atom stereocenters. The van der Waals surface area contributed by atoms with Crippen LogP contribution in [0.5, 0.6) is 0 Å². The molecule has 3 aromatic carbocycles. The molecule has 0 aromatic heterocycles. The molecule has 0 saturated carbocycles. The summed E-state index contributed by atoms with van der Waals surface area (Å²) in [7, 11) is 0. The van der Waals surface area contributed by atoms with Gasteiger partial charge < -0.3 is 5.32 Å². The van der Waals surface area contributed by atoms with E-state index in [9.17, 15) is 9.59 Å². The summed E-state index contributed by atoms with van der Waals surface area (Å²) >= 11 is 1.26. The van der Waals surface area contributed by atoms with Gasteiger partial charge in [0.2, 0.25) is 5.91 Å². The van der Waals surface area contributed by atoms with Crippen molar-refractivity contribution >= 4 is 46.0 Å². The Bertz CT molecular complexity index is 1300. The van der Waals surface area contributed by atoms with Gasteiger partial charge in [-0.25, -0.2) is 14.9 Å². The Kier molecular flexibility index (Phi) is 5.56. The normalized spacial score (nSPS) is 17.6. The highest BCUT2D eigenvalue weighted by Gasteiger charge is 2.42. The molecule has 2 heterocycles. The molecule has 164 valence electrons. The molecular formula is C26H22N4O2S. The average Bonchev–Trinajstić information content (AvgIpc) is 3.17. The van der Waals surface area contributed by atoms with Crippen LogP contribution in [0, 0.1) is 6.92 Å². The maximum atomic E-state index is 13.5. The van der Waals surface area contributed by atoms with E-state index in [1.807, 2.05) is 92.7 Å². The van der Waals surface area contributed by atoms with Gasteiger partial charge in [0.15, 0.2) is 11.2 Å². The highest BCUT2D eigenvalue weighted by atomic mass is 32.2. The number of hydrogen-bond acceptors (Lipinski definition) is 5. The van der Waals surface area contributed by atoms with Crippen LogP contribution in [-0.2, 0) is 9.59 Å². The molecule has 5 rings (SSSR count). The number of carbonyl (C=O) groups excluding carboxylic acids is 2. The summed E-state index contributed by atoms with van der Waals surface area (Å²) in [6.07, 6.45) is 0. The van der Waals surface area contributed by atoms with Crippen LogP contribution >= 0.6 is 11.8 Å². The number of aryl methyl sites for hydroxylation is 1. The van der Waals surface area contributed by atoms with Crippen LogP contribution < -0.4 is 5.32 Å². The van der Waals surface area contributed by atoms with Gasteiger partial charge in [-0.15, -0.1) is 0 Å². The third-order valence-electron chi connectivity index (χ3n) is 5.52. The van der Waals surface area contributed by atoms with Crippen molar-refractivity contribution in [2.75, 3.05) is 5.32 Å². The lowest BCUT2D eigenvalue weighted by Crippen LogP contribution is -2.41. The van der Waals surface area contributed by atoms with Crippen molar-refractivity contribution in [1.29, 1.82) is 0 Å². The minimum atomic E-state index is -0.630. The number of hydrogen-bond donors (Lipinski definition) is 1. The highest BCUT2D eigenvalue weighted by molar-refractivity contribution is 8.15. The number of amides is 2. The molecule has 33 heavy (non-hydrogen) atoms. The van der Waals surface area contributed by atoms with Gasteiger partial charge in [0.05, 0.1) is 10.9 Å². The number of rotatable bonds is 4. The second-order valence-electron chi connectivity index (χ2n) is 7.97. The number of carbonyl (C=O) groups is 2.